The second-order valence-electron chi connectivity index (χ2n) is 7.51. The van der Waals surface area contributed by atoms with Crippen LogP contribution >= 0.6 is 0 Å². The summed E-state index contributed by atoms with van der Waals surface area (Å²) < 4.78 is 20.7. The minimum Gasteiger partial charge on any atom is -0.355 e. The molecule has 0 aliphatic carbocycles. The smallest absolute Gasteiger partial charge is 0.234 e. The zero-order valence-corrected chi connectivity index (χ0v) is 16.7. The fraction of sp³-hybridized carbons (Fsp3) is 0.429. The van der Waals surface area contributed by atoms with E-state index in [9.17, 15) is 9.18 Å². The number of aryl methyl sites for hydroxylation is 1. The third-order valence-electron chi connectivity index (χ3n) is 5.19. The Bertz CT molecular complexity index is 958. The van der Waals surface area contributed by atoms with Gasteiger partial charge in [-0.25, -0.2) is 4.39 Å². The van der Waals surface area contributed by atoms with Crippen molar-refractivity contribution >= 4 is 5.91 Å². The highest BCUT2D eigenvalue weighted by Crippen LogP contribution is 2.27. The first kappa shape index (κ1) is 20.2. The van der Waals surface area contributed by atoms with E-state index in [1.54, 1.807) is 18.3 Å². The zero-order valence-electron chi connectivity index (χ0n) is 16.7. The summed E-state index contributed by atoms with van der Waals surface area (Å²) in [7, 11) is 0. The van der Waals surface area contributed by atoms with Crippen LogP contribution in [0.5, 0.6) is 0 Å². The molecule has 1 aliphatic rings. The Balaban J connectivity index is 1.25. The highest BCUT2D eigenvalue weighted by Gasteiger charge is 2.27. The maximum absolute atomic E-state index is 13.4. The van der Waals surface area contributed by atoms with E-state index in [2.05, 4.69) is 25.5 Å². The summed E-state index contributed by atoms with van der Waals surface area (Å²) in [5.74, 6) is 0.678. The summed E-state index contributed by atoms with van der Waals surface area (Å²) in [4.78, 5) is 18.9. The van der Waals surface area contributed by atoms with Crippen LogP contribution in [0.15, 0.2) is 47.2 Å². The van der Waals surface area contributed by atoms with Gasteiger partial charge in [0.2, 0.25) is 17.6 Å². The number of likely N-dealkylation sites (tertiary alicyclic amines) is 1. The number of rotatable bonds is 8. The van der Waals surface area contributed by atoms with Crippen LogP contribution in [-0.4, -0.2) is 56.9 Å². The molecule has 0 radical (unpaired) electrons. The lowest BCUT2D eigenvalue weighted by molar-refractivity contribution is -0.122. The Morgan fingerprint density at radius 3 is 3.10 bits per heavy atom. The molecule has 3 aromatic rings. The molecule has 0 saturated carbocycles. The highest BCUT2D eigenvalue weighted by molar-refractivity contribution is 5.78. The van der Waals surface area contributed by atoms with E-state index >= 15 is 0 Å². The molecule has 1 aromatic carbocycles. The van der Waals surface area contributed by atoms with E-state index in [0.717, 1.165) is 32.4 Å². The van der Waals surface area contributed by atoms with Crippen molar-refractivity contribution in [2.24, 2.45) is 0 Å². The standard InChI is InChI=1S/C21H25FN6O2/c22-18-7-1-5-16(13-18)20-25-21(30-26-20)17-6-2-10-27(14-17)15-19(29)23-8-3-11-28-12-4-9-24-28/h1,4-5,7,9,12-13,17H,2-3,6,8,10-11,14-15H2,(H,23,29). The van der Waals surface area contributed by atoms with Crippen molar-refractivity contribution in [3.8, 4) is 11.4 Å². The van der Waals surface area contributed by atoms with Gasteiger partial charge in [-0.1, -0.05) is 17.3 Å². The predicted molar refractivity (Wildman–Crippen MR) is 108 cm³/mol. The SMILES string of the molecule is O=C(CN1CCCC(c2nc(-c3cccc(F)c3)no2)C1)NCCCn1cccn1. The molecule has 1 fully saturated rings. The van der Waals surface area contributed by atoms with Crippen LogP contribution in [0.2, 0.25) is 0 Å². The van der Waals surface area contributed by atoms with Gasteiger partial charge in [-0.2, -0.15) is 10.1 Å². The molecule has 1 saturated heterocycles. The summed E-state index contributed by atoms with van der Waals surface area (Å²) in [6.07, 6.45) is 6.37. The molecule has 158 valence electrons. The molecule has 30 heavy (non-hydrogen) atoms. The molecular formula is C21H25FN6O2. The Morgan fingerprint density at radius 1 is 1.33 bits per heavy atom. The number of hydrogen-bond donors (Lipinski definition) is 1. The van der Waals surface area contributed by atoms with Gasteiger partial charge >= 0.3 is 0 Å². The van der Waals surface area contributed by atoms with Gasteiger partial charge in [0, 0.05) is 37.6 Å². The van der Waals surface area contributed by atoms with Crippen LogP contribution in [0.25, 0.3) is 11.4 Å². The number of hydrogen-bond acceptors (Lipinski definition) is 6. The summed E-state index contributed by atoms with van der Waals surface area (Å²) in [5.41, 5.74) is 0.590. The minimum atomic E-state index is -0.335. The first-order valence-electron chi connectivity index (χ1n) is 10.2. The van der Waals surface area contributed by atoms with Crippen molar-refractivity contribution in [3.05, 3.63) is 54.4 Å². The number of nitrogens with zero attached hydrogens (tertiary/aromatic N) is 5. The third-order valence-corrected chi connectivity index (χ3v) is 5.19. The van der Waals surface area contributed by atoms with Crippen LogP contribution in [0, 0.1) is 5.82 Å². The molecule has 9 heteroatoms. The average molecular weight is 412 g/mol. The quantitative estimate of drug-likeness (QED) is 0.572. The van der Waals surface area contributed by atoms with Gasteiger partial charge < -0.3 is 9.84 Å². The van der Waals surface area contributed by atoms with Crippen molar-refractivity contribution in [2.45, 2.75) is 31.7 Å². The average Bonchev–Trinajstić information content (AvgIpc) is 3.44. The van der Waals surface area contributed by atoms with Crippen molar-refractivity contribution in [1.29, 1.82) is 0 Å². The lowest BCUT2D eigenvalue weighted by Crippen LogP contribution is -2.42. The number of benzene rings is 1. The molecule has 1 atom stereocenters. The monoisotopic (exact) mass is 412 g/mol. The zero-order chi connectivity index (χ0) is 20.8. The van der Waals surface area contributed by atoms with Crippen molar-refractivity contribution in [1.82, 2.24) is 30.1 Å². The van der Waals surface area contributed by atoms with E-state index in [4.69, 9.17) is 4.52 Å². The van der Waals surface area contributed by atoms with Gasteiger partial charge in [-0.15, -0.1) is 0 Å². The molecule has 1 aliphatic heterocycles. The molecular weight excluding hydrogens is 387 g/mol. The Hall–Kier alpha value is -3.07. The molecule has 0 spiro atoms. The lowest BCUT2D eigenvalue weighted by Gasteiger charge is -2.30. The van der Waals surface area contributed by atoms with Crippen LogP contribution in [0.3, 0.4) is 0 Å². The maximum atomic E-state index is 13.4. The molecule has 4 rings (SSSR count). The summed E-state index contributed by atoms with van der Waals surface area (Å²) >= 11 is 0. The van der Waals surface area contributed by atoms with E-state index < -0.39 is 0 Å². The Kier molecular flexibility index (Phi) is 6.48. The number of carbonyl (C=O) groups is 1. The summed E-state index contributed by atoms with van der Waals surface area (Å²) in [5, 5.41) is 11.1. The predicted octanol–water partition coefficient (Wildman–Crippen LogP) is 2.46. The van der Waals surface area contributed by atoms with Crippen LogP contribution in [-0.2, 0) is 11.3 Å². The molecule has 0 bridgehead atoms. The largest absolute Gasteiger partial charge is 0.355 e. The van der Waals surface area contributed by atoms with Crippen LogP contribution < -0.4 is 5.32 Å². The van der Waals surface area contributed by atoms with E-state index in [-0.39, 0.29) is 17.6 Å². The van der Waals surface area contributed by atoms with Gasteiger partial charge in [0.05, 0.1) is 12.5 Å². The highest BCUT2D eigenvalue weighted by atomic mass is 19.1. The summed E-state index contributed by atoms with van der Waals surface area (Å²) in [6, 6.07) is 8.03. The topological polar surface area (TPSA) is 89.1 Å². The summed E-state index contributed by atoms with van der Waals surface area (Å²) in [6.45, 7) is 3.30. The Morgan fingerprint density at radius 2 is 2.27 bits per heavy atom. The van der Waals surface area contributed by atoms with Crippen LogP contribution in [0.1, 0.15) is 31.1 Å². The number of carbonyl (C=O) groups excluding carboxylic acids is 1. The molecule has 2 aromatic heterocycles. The van der Waals surface area contributed by atoms with Crippen LogP contribution in [0.4, 0.5) is 4.39 Å². The maximum Gasteiger partial charge on any atom is 0.234 e. The van der Waals surface area contributed by atoms with E-state index in [1.807, 2.05) is 16.9 Å². The van der Waals surface area contributed by atoms with Gasteiger partial charge in [0.25, 0.3) is 0 Å². The first-order chi connectivity index (χ1) is 14.7. The fourth-order valence-corrected chi connectivity index (χ4v) is 3.71. The van der Waals surface area contributed by atoms with Crippen molar-refractivity contribution in [3.63, 3.8) is 0 Å². The van der Waals surface area contributed by atoms with Gasteiger partial charge in [-0.05, 0) is 44.0 Å². The second-order valence-corrected chi connectivity index (χ2v) is 7.51. The van der Waals surface area contributed by atoms with Gasteiger partial charge in [0.15, 0.2) is 0 Å². The number of amides is 1. The minimum absolute atomic E-state index is 0.0158. The number of piperidine rings is 1. The van der Waals surface area contributed by atoms with Crippen molar-refractivity contribution in [2.75, 3.05) is 26.2 Å². The van der Waals surface area contributed by atoms with Gasteiger partial charge in [0.1, 0.15) is 5.82 Å². The normalized spacial score (nSPS) is 17.2. The molecule has 1 unspecified atom stereocenters. The lowest BCUT2D eigenvalue weighted by atomic mass is 9.98. The van der Waals surface area contributed by atoms with E-state index in [0.29, 0.717) is 36.9 Å². The van der Waals surface area contributed by atoms with Gasteiger partial charge in [-0.3, -0.25) is 14.4 Å². The molecule has 8 nitrogen and oxygen atoms in total. The number of nitrogens with one attached hydrogen (secondary N) is 1. The second kappa shape index (κ2) is 9.62. The molecule has 1 N–H and O–H groups in total. The molecule has 1 amide bonds. The fourth-order valence-electron chi connectivity index (χ4n) is 3.71. The van der Waals surface area contributed by atoms with Crippen molar-refractivity contribution < 1.29 is 13.7 Å². The first-order valence-corrected chi connectivity index (χ1v) is 10.2. The van der Waals surface area contributed by atoms with E-state index in [1.165, 1.54) is 12.1 Å². The third kappa shape index (κ3) is 5.29. The number of halogens is 1. The molecule has 3 heterocycles. The Labute approximate surface area is 174 Å². The number of aromatic nitrogens is 4.